The van der Waals surface area contributed by atoms with Crippen molar-refractivity contribution < 1.29 is 9.90 Å². The number of nitrogens with zero attached hydrogens (tertiary/aromatic N) is 1. The molecule has 104 valence electrons. The molecule has 2 N–H and O–H groups in total. The lowest BCUT2D eigenvalue weighted by Crippen LogP contribution is -2.33. The van der Waals surface area contributed by atoms with Crippen LogP contribution in [0.2, 0.25) is 0 Å². The molecular weight excluding hydrogens is 260 g/mol. The first-order chi connectivity index (χ1) is 9.24. The van der Waals surface area contributed by atoms with Crippen molar-refractivity contribution in [2.75, 3.05) is 6.54 Å². The Bertz CT molecular complexity index is 456. The fourth-order valence-electron chi connectivity index (χ4n) is 2.84. The highest BCUT2D eigenvalue weighted by Gasteiger charge is 2.30. The summed E-state index contributed by atoms with van der Waals surface area (Å²) < 4.78 is 0. The van der Waals surface area contributed by atoms with E-state index in [1.807, 2.05) is 0 Å². The summed E-state index contributed by atoms with van der Waals surface area (Å²) in [6, 6.07) is 0. The summed E-state index contributed by atoms with van der Waals surface area (Å²) in [7, 11) is 0. The van der Waals surface area contributed by atoms with Crippen LogP contribution in [0.4, 0.5) is 0 Å². The Balaban J connectivity index is 1.54. The molecule has 0 spiro atoms. The normalized spacial score (nSPS) is 27.2. The number of carbonyl (C=O) groups excluding carboxylic acids is 1. The summed E-state index contributed by atoms with van der Waals surface area (Å²) in [4.78, 5) is 17.3. The van der Waals surface area contributed by atoms with E-state index in [4.69, 9.17) is 0 Å². The maximum absolute atomic E-state index is 12.2. The van der Waals surface area contributed by atoms with Crippen LogP contribution in [0.1, 0.15) is 59.8 Å². The molecule has 0 bridgehead atoms. The highest BCUT2D eigenvalue weighted by atomic mass is 32.1. The zero-order valence-corrected chi connectivity index (χ0v) is 11.8. The predicted octanol–water partition coefficient (Wildman–Crippen LogP) is 2.30. The number of amides is 1. The highest BCUT2D eigenvalue weighted by molar-refractivity contribution is 7.11. The van der Waals surface area contributed by atoms with Gasteiger partial charge in [0, 0.05) is 12.5 Å². The van der Waals surface area contributed by atoms with Crippen LogP contribution in [0.3, 0.4) is 0 Å². The number of aliphatic hydroxyl groups excluding tert-OH is 1. The van der Waals surface area contributed by atoms with Gasteiger partial charge in [-0.1, -0.05) is 6.42 Å². The largest absolute Gasteiger partial charge is 0.393 e. The summed E-state index contributed by atoms with van der Waals surface area (Å²) in [5.41, 5.74) is 2.76. The quantitative estimate of drug-likeness (QED) is 0.889. The molecule has 2 aliphatic rings. The fraction of sp³-hybridized carbons (Fsp3) is 0.714. The van der Waals surface area contributed by atoms with E-state index in [-0.39, 0.29) is 12.0 Å². The van der Waals surface area contributed by atoms with Gasteiger partial charge in [0.05, 0.1) is 17.3 Å². The van der Waals surface area contributed by atoms with Gasteiger partial charge in [0.25, 0.3) is 5.91 Å². The molecule has 4 nitrogen and oxygen atoms in total. The molecule has 19 heavy (non-hydrogen) atoms. The lowest BCUT2D eigenvalue weighted by Gasteiger charge is -2.25. The lowest BCUT2D eigenvalue weighted by molar-refractivity contribution is 0.0876. The van der Waals surface area contributed by atoms with Gasteiger partial charge < -0.3 is 10.4 Å². The second-order valence-electron chi connectivity index (χ2n) is 5.74. The minimum Gasteiger partial charge on any atom is -0.393 e. The Morgan fingerprint density at radius 1 is 1.42 bits per heavy atom. The zero-order chi connectivity index (χ0) is 13.2. The molecule has 1 aromatic heterocycles. The first kappa shape index (κ1) is 13.1. The molecule has 2 fully saturated rings. The zero-order valence-electron chi connectivity index (χ0n) is 11.0. The molecular formula is C14H20N2O2S. The van der Waals surface area contributed by atoms with Crippen LogP contribution in [0.5, 0.6) is 0 Å². The molecule has 2 unspecified atom stereocenters. The summed E-state index contributed by atoms with van der Waals surface area (Å²) in [6.07, 6.45) is 6.05. The molecule has 0 saturated heterocycles. The van der Waals surface area contributed by atoms with Gasteiger partial charge in [-0.25, -0.2) is 4.98 Å². The smallest absolute Gasteiger partial charge is 0.263 e. The number of rotatable bonds is 4. The second kappa shape index (κ2) is 5.59. The van der Waals surface area contributed by atoms with Crippen molar-refractivity contribution in [2.24, 2.45) is 5.92 Å². The summed E-state index contributed by atoms with van der Waals surface area (Å²) in [5, 5.41) is 12.7. The molecule has 5 heteroatoms. The monoisotopic (exact) mass is 280 g/mol. The second-order valence-corrected chi connectivity index (χ2v) is 6.59. The maximum atomic E-state index is 12.2. The van der Waals surface area contributed by atoms with Crippen molar-refractivity contribution in [3.63, 3.8) is 0 Å². The van der Waals surface area contributed by atoms with E-state index in [9.17, 15) is 9.90 Å². The van der Waals surface area contributed by atoms with E-state index >= 15 is 0 Å². The minimum atomic E-state index is -0.180. The molecule has 0 radical (unpaired) electrons. The molecule has 2 saturated carbocycles. The van der Waals surface area contributed by atoms with Gasteiger partial charge >= 0.3 is 0 Å². The third-order valence-corrected chi connectivity index (χ3v) is 4.91. The third kappa shape index (κ3) is 3.15. The van der Waals surface area contributed by atoms with Gasteiger partial charge in [-0.05, 0) is 38.0 Å². The van der Waals surface area contributed by atoms with Crippen molar-refractivity contribution in [2.45, 2.75) is 50.5 Å². The predicted molar refractivity (Wildman–Crippen MR) is 74.4 cm³/mol. The molecule has 1 aromatic rings. The number of aromatic nitrogens is 1. The van der Waals surface area contributed by atoms with E-state index < -0.39 is 0 Å². The van der Waals surface area contributed by atoms with Crippen LogP contribution in [-0.2, 0) is 0 Å². The van der Waals surface area contributed by atoms with Crippen molar-refractivity contribution >= 4 is 17.2 Å². The van der Waals surface area contributed by atoms with Crippen LogP contribution >= 0.6 is 11.3 Å². The van der Waals surface area contributed by atoms with Gasteiger partial charge in [-0.3, -0.25) is 4.79 Å². The lowest BCUT2D eigenvalue weighted by atomic mass is 9.87. The Morgan fingerprint density at radius 2 is 2.26 bits per heavy atom. The Morgan fingerprint density at radius 3 is 3.00 bits per heavy atom. The van der Waals surface area contributed by atoms with Crippen molar-refractivity contribution in [1.82, 2.24) is 10.3 Å². The average molecular weight is 280 g/mol. The van der Waals surface area contributed by atoms with E-state index in [1.165, 1.54) is 24.2 Å². The van der Waals surface area contributed by atoms with Gasteiger partial charge in [0.15, 0.2) is 0 Å². The molecule has 1 heterocycles. The Labute approximate surface area is 117 Å². The van der Waals surface area contributed by atoms with E-state index in [0.717, 1.165) is 36.3 Å². The van der Waals surface area contributed by atoms with Gasteiger partial charge in [0.2, 0.25) is 0 Å². The van der Waals surface area contributed by atoms with Crippen LogP contribution in [0.15, 0.2) is 5.51 Å². The van der Waals surface area contributed by atoms with Crippen molar-refractivity contribution in [3.8, 4) is 0 Å². The van der Waals surface area contributed by atoms with Crippen molar-refractivity contribution in [1.29, 1.82) is 0 Å². The number of aliphatic hydroxyl groups is 1. The number of hydrogen-bond acceptors (Lipinski definition) is 4. The topological polar surface area (TPSA) is 62.2 Å². The average Bonchev–Trinajstić information content (AvgIpc) is 3.13. The van der Waals surface area contributed by atoms with E-state index in [0.29, 0.717) is 18.4 Å². The minimum absolute atomic E-state index is 0.0180. The molecule has 3 rings (SSSR count). The summed E-state index contributed by atoms with van der Waals surface area (Å²) >= 11 is 1.44. The molecule has 1 amide bonds. The standard InChI is InChI=1S/C14H20N2O2S/c17-11-3-1-2-9(6-11)7-15-14(18)13-12(10-4-5-10)16-8-19-13/h8-11,17H,1-7H2,(H,15,18). The summed E-state index contributed by atoms with van der Waals surface area (Å²) in [5.74, 6) is 0.956. The number of carbonyl (C=O) groups is 1. The first-order valence-corrected chi connectivity index (χ1v) is 8.01. The van der Waals surface area contributed by atoms with Gasteiger partial charge in [-0.15, -0.1) is 11.3 Å². The van der Waals surface area contributed by atoms with Gasteiger partial charge in [0.1, 0.15) is 4.88 Å². The number of thiazole rings is 1. The van der Waals surface area contributed by atoms with Crippen LogP contribution in [0.25, 0.3) is 0 Å². The van der Waals surface area contributed by atoms with Crippen LogP contribution in [-0.4, -0.2) is 28.6 Å². The SMILES string of the molecule is O=C(NCC1CCCC(O)C1)c1scnc1C1CC1. The maximum Gasteiger partial charge on any atom is 0.263 e. The molecule has 0 aromatic carbocycles. The summed E-state index contributed by atoms with van der Waals surface area (Å²) in [6.45, 7) is 0.678. The Kier molecular flexibility index (Phi) is 3.84. The Hall–Kier alpha value is -0.940. The molecule has 2 atom stereocenters. The van der Waals surface area contributed by atoms with Crippen LogP contribution in [0, 0.1) is 5.92 Å². The fourth-order valence-corrected chi connectivity index (χ4v) is 3.63. The van der Waals surface area contributed by atoms with Crippen molar-refractivity contribution in [3.05, 3.63) is 16.1 Å². The highest BCUT2D eigenvalue weighted by Crippen LogP contribution is 2.41. The molecule has 2 aliphatic carbocycles. The van der Waals surface area contributed by atoms with E-state index in [2.05, 4.69) is 10.3 Å². The molecule has 0 aliphatic heterocycles. The van der Waals surface area contributed by atoms with Crippen LogP contribution < -0.4 is 5.32 Å². The number of nitrogens with one attached hydrogen (secondary N) is 1. The first-order valence-electron chi connectivity index (χ1n) is 7.13. The van der Waals surface area contributed by atoms with Gasteiger partial charge in [-0.2, -0.15) is 0 Å². The number of hydrogen-bond donors (Lipinski definition) is 2. The van der Waals surface area contributed by atoms with E-state index in [1.54, 1.807) is 5.51 Å². The third-order valence-electron chi connectivity index (χ3n) is 4.07.